The molecule has 0 spiro atoms. The van der Waals surface area contributed by atoms with Crippen LogP contribution in [0.2, 0.25) is 5.02 Å². The van der Waals surface area contributed by atoms with Crippen molar-refractivity contribution in [3.8, 4) is 0 Å². The molecule has 1 aromatic rings. The van der Waals surface area contributed by atoms with Gasteiger partial charge < -0.3 is 0 Å². The smallest absolute Gasteiger partial charge is 0.0841 e. The average molecular weight is 210 g/mol. The van der Waals surface area contributed by atoms with E-state index in [2.05, 4.69) is 31.8 Å². The van der Waals surface area contributed by atoms with E-state index in [4.69, 9.17) is 11.6 Å². The van der Waals surface area contributed by atoms with Crippen LogP contribution in [0.15, 0.2) is 24.4 Å². The highest BCUT2D eigenvalue weighted by molar-refractivity contribution is 6.32. The summed E-state index contributed by atoms with van der Waals surface area (Å²) in [6.45, 7) is 6.43. The minimum Gasteiger partial charge on any atom is -0.255 e. The Morgan fingerprint density at radius 2 is 2.36 bits per heavy atom. The molecule has 0 saturated carbocycles. The molecule has 0 aliphatic carbocycles. The first-order valence-electron chi connectivity index (χ1n) is 4.94. The molecular formula is C12H16ClN. The molecule has 0 bridgehead atoms. The molecule has 1 heterocycles. The number of rotatable bonds is 3. The Bertz CT molecular complexity index is 331. The van der Waals surface area contributed by atoms with Crippen LogP contribution < -0.4 is 0 Å². The molecule has 14 heavy (non-hydrogen) atoms. The van der Waals surface area contributed by atoms with Crippen LogP contribution in [-0.4, -0.2) is 4.98 Å². The van der Waals surface area contributed by atoms with Gasteiger partial charge in [-0.15, -0.1) is 0 Å². The summed E-state index contributed by atoms with van der Waals surface area (Å²) in [7, 11) is 0. The lowest BCUT2D eigenvalue weighted by molar-refractivity contribution is 0.699. The van der Waals surface area contributed by atoms with E-state index in [1.54, 1.807) is 6.20 Å². The van der Waals surface area contributed by atoms with E-state index < -0.39 is 0 Å². The van der Waals surface area contributed by atoms with Crippen LogP contribution in [-0.2, 0) is 0 Å². The molecule has 2 heteroatoms. The third-order valence-electron chi connectivity index (χ3n) is 2.31. The molecule has 0 aromatic carbocycles. The quantitative estimate of drug-likeness (QED) is 0.728. The zero-order chi connectivity index (χ0) is 10.6. The molecule has 76 valence electrons. The maximum absolute atomic E-state index is 6.04. The van der Waals surface area contributed by atoms with Crippen LogP contribution in [0.25, 0.3) is 5.57 Å². The van der Waals surface area contributed by atoms with Gasteiger partial charge in [-0.1, -0.05) is 37.9 Å². The Kier molecular flexibility index (Phi) is 4.15. The summed E-state index contributed by atoms with van der Waals surface area (Å²) in [6, 6.07) is 3.72. The molecule has 1 aromatic heterocycles. The fraction of sp³-hybridized carbons (Fsp3) is 0.417. The molecule has 0 fully saturated rings. The third kappa shape index (κ3) is 2.85. The molecular weight excluding hydrogens is 194 g/mol. The van der Waals surface area contributed by atoms with E-state index in [1.807, 2.05) is 12.1 Å². The van der Waals surface area contributed by atoms with Gasteiger partial charge in [0.1, 0.15) is 0 Å². The molecule has 0 radical (unpaired) electrons. The van der Waals surface area contributed by atoms with Gasteiger partial charge in [0.05, 0.1) is 10.7 Å². The molecule has 0 amide bonds. The standard InChI is InChI=1S/C12H16ClN/c1-4-9(2)8-10(3)12-11(13)6-5-7-14-12/h5-9H,4H2,1-3H3/b10-8+. The largest absolute Gasteiger partial charge is 0.255 e. The number of pyridine rings is 1. The number of aromatic nitrogens is 1. The Hall–Kier alpha value is -0.820. The summed E-state index contributed by atoms with van der Waals surface area (Å²) in [5, 5.41) is 0.726. The summed E-state index contributed by atoms with van der Waals surface area (Å²) in [6.07, 6.45) is 5.13. The van der Waals surface area contributed by atoms with Gasteiger partial charge in [0, 0.05) is 6.20 Å². The maximum Gasteiger partial charge on any atom is 0.0841 e. The molecule has 0 N–H and O–H groups in total. The van der Waals surface area contributed by atoms with Crippen molar-refractivity contribution in [2.75, 3.05) is 0 Å². The first-order chi connectivity index (χ1) is 6.65. The topological polar surface area (TPSA) is 12.9 Å². The van der Waals surface area contributed by atoms with Crippen LogP contribution in [0.4, 0.5) is 0 Å². The van der Waals surface area contributed by atoms with E-state index in [-0.39, 0.29) is 0 Å². The van der Waals surface area contributed by atoms with Gasteiger partial charge in [-0.2, -0.15) is 0 Å². The molecule has 1 atom stereocenters. The number of nitrogens with zero attached hydrogens (tertiary/aromatic N) is 1. The van der Waals surface area contributed by atoms with Gasteiger partial charge in [0.15, 0.2) is 0 Å². The van der Waals surface area contributed by atoms with Crippen molar-refractivity contribution in [3.05, 3.63) is 35.1 Å². The molecule has 0 aliphatic heterocycles. The minimum absolute atomic E-state index is 0.577. The zero-order valence-corrected chi connectivity index (χ0v) is 9.67. The summed E-state index contributed by atoms with van der Waals surface area (Å²) in [5.41, 5.74) is 2.06. The second-order valence-electron chi connectivity index (χ2n) is 3.57. The fourth-order valence-electron chi connectivity index (χ4n) is 1.30. The van der Waals surface area contributed by atoms with Crippen LogP contribution in [0.3, 0.4) is 0 Å². The van der Waals surface area contributed by atoms with Crippen LogP contribution in [0.1, 0.15) is 32.9 Å². The Morgan fingerprint density at radius 3 is 2.93 bits per heavy atom. The normalized spacial score (nSPS) is 14.1. The summed E-state index contributed by atoms with van der Waals surface area (Å²) >= 11 is 6.04. The van der Waals surface area contributed by atoms with Crippen molar-refractivity contribution in [2.45, 2.75) is 27.2 Å². The molecule has 1 nitrogen and oxygen atoms in total. The van der Waals surface area contributed by atoms with Crippen molar-refractivity contribution >= 4 is 17.2 Å². The van der Waals surface area contributed by atoms with Crippen LogP contribution in [0, 0.1) is 5.92 Å². The third-order valence-corrected chi connectivity index (χ3v) is 2.62. The van der Waals surface area contributed by atoms with E-state index in [1.165, 1.54) is 0 Å². The zero-order valence-electron chi connectivity index (χ0n) is 8.92. The molecule has 0 aliphatic rings. The lowest BCUT2D eigenvalue weighted by atomic mass is 10.0. The highest BCUT2D eigenvalue weighted by atomic mass is 35.5. The summed E-state index contributed by atoms with van der Waals surface area (Å²) < 4.78 is 0. The minimum atomic E-state index is 0.577. The van der Waals surface area contributed by atoms with E-state index in [0.29, 0.717) is 5.92 Å². The van der Waals surface area contributed by atoms with Crippen molar-refractivity contribution < 1.29 is 0 Å². The fourth-order valence-corrected chi connectivity index (χ4v) is 1.57. The Morgan fingerprint density at radius 1 is 1.64 bits per heavy atom. The molecule has 1 rings (SSSR count). The van der Waals surface area contributed by atoms with Crippen molar-refractivity contribution in [3.63, 3.8) is 0 Å². The second kappa shape index (κ2) is 5.16. The molecule has 0 saturated heterocycles. The predicted octanol–water partition coefficient (Wildman–Crippen LogP) is 4.18. The number of halogens is 1. The Labute approximate surface area is 90.8 Å². The SMILES string of the molecule is CCC(C)/C=C(\C)c1ncccc1Cl. The van der Waals surface area contributed by atoms with Crippen LogP contribution in [0.5, 0.6) is 0 Å². The summed E-state index contributed by atoms with van der Waals surface area (Å²) in [5.74, 6) is 0.577. The van der Waals surface area contributed by atoms with E-state index >= 15 is 0 Å². The maximum atomic E-state index is 6.04. The first kappa shape index (κ1) is 11.3. The highest BCUT2D eigenvalue weighted by Gasteiger charge is 2.03. The van der Waals surface area contributed by atoms with Gasteiger partial charge in [-0.25, -0.2) is 0 Å². The number of hydrogen-bond donors (Lipinski definition) is 0. The van der Waals surface area contributed by atoms with E-state index in [0.717, 1.165) is 22.7 Å². The highest BCUT2D eigenvalue weighted by Crippen LogP contribution is 2.22. The summed E-state index contributed by atoms with van der Waals surface area (Å²) in [4.78, 5) is 4.27. The van der Waals surface area contributed by atoms with Gasteiger partial charge in [0.2, 0.25) is 0 Å². The van der Waals surface area contributed by atoms with Crippen molar-refractivity contribution in [1.29, 1.82) is 0 Å². The lowest BCUT2D eigenvalue weighted by Gasteiger charge is -2.06. The first-order valence-corrected chi connectivity index (χ1v) is 5.32. The number of hydrogen-bond acceptors (Lipinski definition) is 1. The number of allylic oxidation sites excluding steroid dienone is 2. The van der Waals surface area contributed by atoms with Gasteiger partial charge in [-0.3, -0.25) is 4.98 Å². The lowest BCUT2D eigenvalue weighted by Crippen LogP contribution is -1.91. The molecule has 1 unspecified atom stereocenters. The van der Waals surface area contributed by atoms with Gasteiger partial charge >= 0.3 is 0 Å². The van der Waals surface area contributed by atoms with E-state index in [9.17, 15) is 0 Å². The predicted molar refractivity (Wildman–Crippen MR) is 62.4 cm³/mol. The van der Waals surface area contributed by atoms with Gasteiger partial charge in [0.25, 0.3) is 0 Å². The average Bonchev–Trinajstić information content (AvgIpc) is 2.18. The monoisotopic (exact) mass is 209 g/mol. The van der Waals surface area contributed by atoms with Crippen molar-refractivity contribution in [2.24, 2.45) is 5.92 Å². The Balaban J connectivity index is 2.94. The van der Waals surface area contributed by atoms with Gasteiger partial charge in [-0.05, 0) is 30.5 Å². The second-order valence-corrected chi connectivity index (χ2v) is 3.98. The van der Waals surface area contributed by atoms with Crippen LogP contribution >= 0.6 is 11.6 Å². The van der Waals surface area contributed by atoms with Crippen molar-refractivity contribution in [1.82, 2.24) is 4.98 Å².